The van der Waals surface area contributed by atoms with Crippen molar-refractivity contribution in [2.75, 3.05) is 0 Å². The van der Waals surface area contributed by atoms with Gasteiger partial charge in [0.25, 0.3) is 0 Å². The van der Waals surface area contributed by atoms with E-state index in [1.54, 1.807) is 12.3 Å². The number of H-pyrrole nitrogens is 1. The second kappa shape index (κ2) is 2.35. The molecule has 0 amide bonds. The molecule has 0 spiro atoms. The van der Waals surface area contributed by atoms with Gasteiger partial charge in [-0.2, -0.15) is 0 Å². The number of aromatic amines is 1. The van der Waals surface area contributed by atoms with Gasteiger partial charge in [0.1, 0.15) is 0 Å². The van der Waals surface area contributed by atoms with Gasteiger partial charge in [0, 0.05) is 16.7 Å². The second-order valence-corrected chi connectivity index (χ2v) is 2.68. The highest BCUT2D eigenvalue weighted by atomic mass is 79.9. The van der Waals surface area contributed by atoms with Crippen LogP contribution in [0.1, 0.15) is 5.56 Å². The normalized spacial score (nSPS) is 9.56. The van der Waals surface area contributed by atoms with Gasteiger partial charge in [-0.15, -0.1) is 0 Å². The largest absolute Gasteiger partial charge is 0.328 e. The third-order valence-electron chi connectivity index (χ3n) is 1.07. The van der Waals surface area contributed by atoms with Gasteiger partial charge in [0.15, 0.2) is 0 Å². The molecule has 2 nitrogen and oxygen atoms in total. The Morgan fingerprint density at radius 2 is 2.33 bits per heavy atom. The van der Waals surface area contributed by atoms with Crippen LogP contribution in [0.2, 0.25) is 0 Å². The SMILES string of the molecule is Cc1cc(=O)[nH]cc1Br. The van der Waals surface area contributed by atoms with Gasteiger partial charge < -0.3 is 4.98 Å². The lowest BCUT2D eigenvalue weighted by molar-refractivity contribution is 1.19. The quantitative estimate of drug-likeness (QED) is 0.656. The smallest absolute Gasteiger partial charge is 0.248 e. The minimum Gasteiger partial charge on any atom is -0.328 e. The van der Waals surface area contributed by atoms with Crippen LogP contribution >= 0.6 is 15.9 Å². The van der Waals surface area contributed by atoms with Crippen molar-refractivity contribution in [1.82, 2.24) is 4.98 Å². The molecule has 3 heteroatoms. The predicted molar refractivity (Wildman–Crippen MR) is 39.5 cm³/mol. The zero-order valence-electron chi connectivity index (χ0n) is 4.94. The Balaban J connectivity index is 3.34. The fourth-order valence-electron chi connectivity index (χ4n) is 0.556. The molecule has 0 bridgehead atoms. The molecule has 1 rings (SSSR count). The first-order chi connectivity index (χ1) is 4.20. The van der Waals surface area contributed by atoms with Crippen molar-refractivity contribution in [2.24, 2.45) is 0 Å². The lowest BCUT2D eigenvalue weighted by atomic mass is 10.3. The van der Waals surface area contributed by atoms with Crippen LogP contribution in [0, 0.1) is 6.92 Å². The van der Waals surface area contributed by atoms with Crippen LogP contribution in [0.25, 0.3) is 0 Å². The Labute approximate surface area is 61.0 Å². The number of nitrogens with one attached hydrogen (secondary N) is 1. The number of hydrogen-bond acceptors (Lipinski definition) is 1. The second-order valence-electron chi connectivity index (χ2n) is 1.83. The molecule has 1 N–H and O–H groups in total. The molecule has 0 unspecified atom stereocenters. The molecule has 48 valence electrons. The van der Waals surface area contributed by atoms with Gasteiger partial charge in [-0.1, -0.05) is 0 Å². The molecule has 0 aliphatic rings. The molecule has 0 atom stereocenters. The number of pyridine rings is 1. The highest BCUT2D eigenvalue weighted by molar-refractivity contribution is 9.10. The van der Waals surface area contributed by atoms with Crippen molar-refractivity contribution in [3.05, 3.63) is 32.7 Å². The summed E-state index contributed by atoms with van der Waals surface area (Å²) in [5.74, 6) is 0. The van der Waals surface area contributed by atoms with E-state index in [0.717, 1.165) is 10.0 Å². The van der Waals surface area contributed by atoms with E-state index in [1.165, 1.54) is 0 Å². The van der Waals surface area contributed by atoms with Crippen molar-refractivity contribution in [1.29, 1.82) is 0 Å². The van der Waals surface area contributed by atoms with Gasteiger partial charge in [-0.3, -0.25) is 4.79 Å². The summed E-state index contributed by atoms with van der Waals surface area (Å²) in [4.78, 5) is 13.1. The number of aryl methyl sites for hydroxylation is 1. The van der Waals surface area contributed by atoms with Crippen LogP contribution in [-0.4, -0.2) is 4.98 Å². The highest BCUT2D eigenvalue weighted by Gasteiger charge is 1.91. The molecule has 1 aromatic rings. The number of aromatic nitrogens is 1. The highest BCUT2D eigenvalue weighted by Crippen LogP contribution is 2.09. The fraction of sp³-hybridized carbons (Fsp3) is 0.167. The first-order valence-electron chi connectivity index (χ1n) is 2.55. The average molecular weight is 188 g/mol. The number of hydrogen-bond donors (Lipinski definition) is 1. The van der Waals surface area contributed by atoms with Crippen LogP contribution in [0.15, 0.2) is 21.5 Å². The van der Waals surface area contributed by atoms with Gasteiger partial charge >= 0.3 is 0 Å². The minimum atomic E-state index is -0.0595. The third kappa shape index (κ3) is 1.42. The van der Waals surface area contributed by atoms with E-state index < -0.39 is 0 Å². The third-order valence-corrected chi connectivity index (χ3v) is 1.92. The molecule has 1 heterocycles. The summed E-state index contributed by atoms with van der Waals surface area (Å²) in [6, 6.07) is 1.55. The minimum absolute atomic E-state index is 0.0595. The van der Waals surface area contributed by atoms with Crippen LogP contribution in [-0.2, 0) is 0 Å². The predicted octanol–water partition coefficient (Wildman–Crippen LogP) is 1.45. The molecular weight excluding hydrogens is 182 g/mol. The lowest BCUT2D eigenvalue weighted by Gasteiger charge is -1.91. The van der Waals surface area contributed by atoms with Crippen LogP contribution < -0.4 is 5.56 Å². The van der Waals surface area contributed by atoms with Crippen LogP contribution in [0.3, 0.4) is 0 Å². The lowest BCUT2D eigenvalue weighted by Crippen LogP contribution is -2.02. The summed E-state index contributed by atoms with van der Waals surface area (Å²) in [5, 5.41) is 0. The maximum Gasteiger partial charge on any atom is 0.248 e. The van der Waals surface area contributed by atoms with Crippen molar-refractivity contribution >= 4 is 15.9 Å². The topological polar surface area (TPSA) is 32.9 Å². The van der Waals surface area contributed by atoms with E-state index in [9.17, 15) is 4.79 Å². The van der Waals surface area contributed by atoms with E-state index in [1.807, 2.05) is 6.92 Å². The summed E-state index contributed by atoms with van der Waals surface area (Å²) >= 11 is 3.26. The molecule has 0 saturated heterocycles. The van der Waals surface area contributed by atoms with E-state index in [2.05, 4.69) is 20.9 Å². The molecule has 1 aromatic heterocycles. The Bertz CT molecular complexity index is 266. The maximum absolute atomic E-state index is 10.6. The molecule has 0 radical (unpaired) electrons. The van der Waals surface area contributed by atoms with Crippen molar-refractivity contribution < 1.29 is 0 Å². The summed E-state index contributed by atoms with van der Waals surface area (Å²) in [6.07, 6.45) is 1.64. The fourth-order valence-corrected chi connectivity index (χ4v) is 0.784. The average Bonchev–Trinajstić information content (AvgIpc) is 1.80. The molecular formula is C6H6BrNO. The Morgan fingerprint density at radius 3 is 2.78 bits per heavy atom. The van der Waals surface area contributed by atoms with Gasteiger partial charge in [-0.05, 0) is 28.4 Å². The Morgan fingerprint density at radius 1 is 1.67 bits per heavy atom. The molecule has 0 aliphatic heterocycles. The summed E-state index contributed by atoms with van der Waals surface area (Å²) < 4.78 is 0.933. The van der Waals surface area contributed by atoms with E-state index in [4.69, 9.17) is 0 Å². The molecule has 0 aliphatic carbocycles. The Kier molecular flexibility index (Phi) is 1.71. The zero-order chi connectivity index (χ0) is 6.85. The van der Waals surface area contributed by atoms with Crippen molar-refractivity contribution in [2.45, 2.75) is 6.92 Å². The summed E-state index contributed by atoms with van der Waals surface area (Å²) in [7, 11) is 0. The first-order valence-corrected chi connectivity index (χ1v) is 3.34. The van der Waals surface area contributed by atoms with Crippen LogP contribution in [0.4, 0.5) is 0 Å². The van der Waals surface area contributed by atoms with Crippen molar-refractivity contribution in [3.63, 3.8) is 0 Å². The monoisotopic (exact) mass is 187 g/mol. The zero-order valence-corrected chi connectivity index (χ0v) is 6.53. The number of rotatable bonds is 0. The first kappa shape index (κ1) is 6.55. The van der Waals surface area contributed by atoms with Gasteiger partial charge in [-0.25, -0.2) is 0 Å². The molecule has 9 heavy (non-hydrogen) atoms. The van der Waals surface area contributed by atoms with Crippen LogP contribution in [0.5, 0.6) is 0 Å². The number of halogens is 1. The molecule has 0 aromatic carbocycles. The molecule has 0 fully saturated rings. The van der Waals surface area contributed by atoms with E-state index in [-0.39, 0.29) is 5.56 Å². The molecule has 0 saturated carbocycles. The summed E-state index contributed by atoms with van der Waals surface area (Å²) in [6.45, 7) is 1.87. The maximum atomic E-state index is 10.6. The van der Waals surface area contributed by atoms with Gasteiger partial charge in [0.2, 0.25) is 5.56 Å². The van der Waals surface area contributed by atoms with E-state index in [0.29, 0.717) is 0 Å². The Hall–Kier alpha value is -0.570. The summed E-state index contributed by atoms with van der Waals surface area (Å²) in [5.41, 5.74) is 0.898. The standard InChI is InChI=1S/C6H6BrNO/c1-4-2-6(9)8-3-5(4)7/h2-3H,1H3,(H,8,9). The van der Waals surface area contributed by atoms with Gasteiger partial charge in [0.05, 0.1) is 0 Å². The van der Waals surface area contributed by atoms with E-state index >= 15 is 0 Å². The van der Waals surface area contributed by atoms with Crippen molar-refractivity contribution in [3.8, 4) is 0 Å².